The zero-order valence-corrected chi connectivity index (χ0v) is 18.6. The highest BCUT2D eigenvalue weighted by molar-refractivity contribution is 5.95. The number of pyridine rings is 1. The molecule has 2 fully saturated rings. The maximum Gasteiger partial charge on any atom is 0.341 e. The first-order valence-corrected chi connectivity index (χ1v) is 10.9. The Labute approximate surface area is 182 Å². The zero-order chi connectivity index (χ0) is 22.5. The van der Waals surface area contributed by atoms with Gasteiger partial charge in [0.25, 0.3) is 0 Å². The van der Waals surface area contributed by atoms with Gasteiger partial charge in [0.05, 0.1) is 17.0 Å². The number of anilines is 1. The highest BCUT2D eigenvalue weighted by atomic mass is 16.4. The van der Waals surface area contributed by atoms with Gasteiger partial charge in [-0.15, -0.1) is 0 Å². The molecule has 2 heterocycles. The Morgan fingerprint density at radius 2 is 2.03 bits per heavy atom. The number of hydrogen-bond acceptors (Lipinski definition) is 5. The molecule has 2 unspecified atom stereocenters. The first-order valence-electron chi connectivity index (χ1n) is 10.9. The molecule has 164 valence electrons. The highest BCUT2D eigenvalue weighted by Crippen LogP contribution is 2.40. The number of hydrogen-bond donors (Lipinski definition) is 2. The molecule has 0 bridgehead atoms. The second kappa shape index (κ2) is 7.69. The van der Waals surface area contributed by atoms with Crippen LogP contribution in [0.1, 0.15) is 55.1 Å². The Morgan fingerprint density at radius 3 is 2.61 bits per heavy atom. The lowest BCUT2D eigenvalue weighted by molar-refractivity contribution is 0.0695. The Morgan fingerprint density at radius 1 is 1.32 bits per heavy atom. The van der Waals surface area contributed by atoms with Crippen molar-refractivity contribution in [1.82, 2.24) is 9.88 Å². The number of aromatic nitrogens is 1. The van der Waals surface area contributed by atoms with E-state index in [-0.39, 0.29) is 17.6 Å². The number of nitriles is 1. The number of carboxylic acids is 1. The summed E-state index contributed by atoms with van der Waals surface area (Å²) >= 11 is 0. The molecule has 1 aliphatic heterocycles. The van der Waals surface area contributed by atoms with Gasteiger partial charge in [0, 0.05) is 42.4 Å². The number of nitrogens with one attached hydrogen (secondary N) is 1. The fourth-order valence-corrected chi connectivity index (χ4v) is 5.28. The summed E-state index contributed by atoms with van der Waals surface area (Å²) in [6.45, 7) is 7.71. The molecule has 1 saturated carbocycles. The first kappa shape index (κ1) is 21.4. The van der Waals surface area contributed by atoms with E-state index >= 15 is 0 Å². The summed E-state index contributed by atoms with van der Waals surface area (Å²) < 4.78 is 2.00. The van der Waals surface area contributed by atoms with Gasteiger partial charge in [-0.3, -0.25) is 4.79 Å². The zero-order valence-electron chi connectivity index (χ0n) is 18.6. The average Bonchev–Trinajstić information content (AvgIpc) is 3.47. The summed E-state index contributed by atoms with van der Waals surface area (Å²) in [6.07, 6.45) is 4.52. The van der Waals surface area contributed by atoms with Crippen molar-refractivity contribution in [1.29, 1.82) is 5.26 Å². The van der Waals surface area contributed by atoms with E-state index in [0.717, 1.165) is 49.1 Å². The number of fused-ring (bicyclic) bond motifs is 1. The average molecular weight is 423 g/mol. The summed E-state index contributed by atoms with van der Waals surface area (Å²) in [5, 5.41) is 22.9. The minimum atomic E-state index is -1.18. The van der Waals surface area contributed by atoms with Crippen molar-refractivity contribution in [3.05, 3.63) is 39.7 Å². The van der Waals surface area contributed by atoms with Crippen LogP contribution >= 0.6 is 0 Å². The normalized spacial score (nSPS) is 20.1. The quantitative estimate of drug-likeness (QED) is 0.741. The topological polar surface area (TPSA) is 98.4 Å². The molecule has 2 atom stereocenters. The third-order valence-electron chi connectivity index (χ3n) is 7.00. The fraction of sp³-hybridized carbons (Fsp3) is 0.542. The predicted octanol–water partition coefficient (Wildman–Crippen LogP) is 3.31. The van der Waals surface area contributed by atoms with Crippen molar-refractivity contribution < 1.29 is 9.90 Å². The van der Waals surface area contributed by atoms with Crippen molar-refractivity contribution in [2.45, 2.75) is 52.1 Å². The van der Waals surface area contributed by atoms with E-state index in [2.05, 4.69) is 16.3 Å². The number of carboxylic acid groups (broad SMARTS) is 1. The lowest BCUT2D eigenvalue weighted by Gasteiger charge is -2.33. The maximum absolute atomic E-state index is 12.8. The summed E-state index contributed by atoms with van der Waals surface area (Å²) in [4.78, 5) is 26.8. The SMILES string of the molecule is CNC(C1CCN(c2ccc3c(=O)c(C(=O)O)cn(C4CC4)c3c2C)C1)C(C)(C)C#N. The molecule has 0 radical (unpaired) electrons. The number of carbonyl (C=O) groups is 1. The van der Waals surface area contributed by atoms with Crippen LogP contribution in [-0.4, -0.2) is 41.8 Å². The molecular weight excluding hydrogens is 392 g/mol. The molecule has 1 aromatic heterocycles. The molecule has 31 heavy (non-hydrogen) atoms. The molecule has 2 N–H and O–H groups in total. The van der Waals surface area contributed by atoms with Crippen LogP contribution in [0.25, 0.3) is 10.9 Å². The van der Waals surface area contributed by atoms with E-state index < -0.39 is 16.8 Å². The smallest absolute Gasteiger partial charge is 0.341 e. The molecule has 7 nitrogen and oxygen atoms in total. The molecule has 1 aromatic carbocycles. The van der Waals surface area contributed by atoms with Gasteiger partial charge in [-0.2, -0.15) is 5.26 Å². The minimum Gasteiger partial charge on any atom is -0.477 e. The van der Waals surface area contributed by atoms with Gasteiger partial charge < -0.3 is 19.9 Å². The standard InChI is InChI=1S/C24H30N4O3/c1-14-19(27-10-9-15(11-27)22(26-4)24(2,3)13-25)8-7-17-20(14)28(16-5-6-16)12-18(21(17)29)23(30)31/h7-8,12,15-16,22,26H,5-6,9-11H2,1-4H3,(H,30,31). The summed E-state index contributed by atoms with van der Waals surface area (Å²) in [6, 6.07) is 6.52. The van der Waals surface area contributed by atoms with Crippen molar-refractivity contribution >= 4 is 22.6 Å². The van der Waals surface area contributed by atoms with Gasteiger partial charge in [-0.1, -0.05) is 0 Å². The van der Waals surface area contributed by atoms with Crippen LogP contribution in [0.4, 0.5) is 5.69 Å². The number of nitrogens with zero attached hydrogens (tertiary/aromatic N) is 3. The number of aryl methyl sites for hydroxylation is 1. The fourth-order valence-electron chi connectivity index (χ4n) is 5.28. The molecule has 7 heteroatoms. The number of rotatable bonds is 6. The van der Waals surface area contributed by atoms with E-state index in [4.69, 9.17) is 0 Å². The Hall–Kier alpha value is -2.85. The van der Waals surface area contributed by atoms with E-state index in [1.807, 2.05) is 38.5 Å². The summed E-state index contributed by atoms with van der Waals surface area (Å²) in [5.74, 6) is -0.835. The Balaban J connectivity index is 1.75. The van der Waals surface area contributed by atoms with Crippen LogP contribution < -0.4 is 15.6 Å². The molecule has 0 amide bonds. The van der Waals surface area contributed by atoms with E-state index in [0.29, 0.717) is 11.3 Å². The molecule has 2 aliphatic rings. The molecule has 1 saturated heterocycles. The van der Waals surface area contributed by atoms with Crippen molar-refractivity contribution in [3.63, 3.8) is 0 Å². The van der Waals surface area contributed by atoms with Gasteiger partial charge in [0.2, 0.25) is 5.43 Å². The van der Waals surface area contributed by atoms with Gasteiger partial charge in [-0.25, -0.2) is 4.79 Å². The van der Waals surface area contributed by atoms with E-state index in [9.17, 15) is 20.0 Å². The molecule has 0 spiro atoms. The van der Waals surface area contributed by atoms with Crippen molar-refractivity contribution in [3.8, 4) is 6.07 Å². The van der Waals surface area contributed by atoms with Gasteiger partial charge in [-0.05, 0) is 70.7 Å². The highest BCUT2D eigenvalue weighted by Gasteiger charge is 2.39. The van der Waals surface area contributed by atoms with Gasteiger partial charge >= 0.3 is 5.97 Å². The van der Waals surface area contributed by atoms with E-state index in [1.165, 1.54) is 6.20 Å². The second-order valence-electron chi connectivity index (χ2n) is 9.52. The Kier molecular flexibility index (Phi) is 5.30. The molecule has 4 rings (SSSR count). The monoisotopic (exact) mass is 422 g/mol. The third-order valence-corrected chi connectivity index (χ3v) is 7.00. The Bertz CT molecular complexity index is 1140. The number of benzene rings is 1. The van der Waals surface area contributed by atoms with Crippen molar-refractivity contribution in [2.24, 2.45) is 11.3 Å². The van der Waals surface area contributed by atoms with Crippen LogP contribution in [-0.2, 0) is 0 Å². The van der Waals surface area contributed by atoms with Crippen LogP contribution in [0.15, 0.2) is 23.1 Å². The second-order valence-corrected chi connectivity index (χ2v) is 9.52. The summed E-state index contributed by atoms with van der Waals surface area (Å²) in [5.41, 5.74) is 1.90. The van der Waals surface area contributed by atoms with Crippen LogP contribution in [0.3, 0.4) is 0 Å². The predicted molar refractivity (Wildman–Crippen MR) is 121 cm³/mol. The van der Waals surface area contributed by atoms with Crippen LogP contribution in [0.2, 0.25) is 0 Å². The maximum atomic E-state index is 12.8. The summed E-state index contributed by atoms with van der Waals surface area (Å²) in [7, 11) is 1.92. The van der Waals surface area contributed by atoms with Gasteiger partial charge in [0.1, 0.15) is 5.56 Å². The lowest BCUT2D eigenvalue weighted by atomic mass is 9.78. The van der Waals surface area contributed by atoms with Crippen LogP contribution in [0.5, 0.6) is 0 Å². The first-order chi connectivity index (χ1) is 14.7. The molecule has 1 aliphatic carbocycles. The van der Waals surface area contributed by atoms with Crippen molar-refractivity contribution in [2.75, 3.05) is 25.0 Å². The minimum absolute atomic E-state index is 0.0889. The molecule has 2 aromatic rings. The van der Waals surface area contributed by atoms with Crippen LogP contribution in [0, 0.1) is 29.6 Å². The van der Waals surface area contributed by atoms with E-state index in [1.54, 1.807) is 6.07 Å². The third kappa shape index (κ3) is 3.59. The molecular formula is C24H30N4O3. The largest absolute Gasteiger partial charge is 0.477 e. The number of aromatic carboxylic acids is 1. The lowest BCUT2D eigenvalue weighted by Crippen LogP contribution is -2.46. The van der Waals surface area contributed by atoms with Gasteiger partial charge in [0.15, 0.2) is 0 Å².